The van der Waals surface area contributed by atoms with Gasteiger partial charge in [-0.15, -0.1) is 24.0 Å². The summed E-state index contributed by atoms with van der Waals surface area (Å²) < 4.78 is 0. The van der Waals surface area contributed by atoms with Gasteiger partial charge in [0, 0.05) is 44.2 Å². The van der Waals surface area contributed by atoms with E-state index in [-0.39, 0.29) is 29.9 Å². The summed E-state index contributed by atoms with van der Waals surface area (Å²) in [5, 5.41) is 7.00. The van der Waals surface area contributed by atoms with Gasteiger partial charge in [-0.25, -0.2) is 0 Å². The summed E-state index contributed by atoms with van der Waals surface area (Å²) >= 11 is 0. The Balaban J connectivity index is 0.00000320. The second kappa shape index (κ2) is 13.1. The Kier molecular flexibility index (Phi) is 11.2. The molecule has 6 nitrogen and oxygen atoms in total. The van der Waals surface area contributed by atoms with Crippen LogP contribution < -0.4 is 10.6 Å². The molecule has 1 saturated carbocycles. The van der Waals surface area contributed by atoms with E-state index in [1.54, 1.807) is 0 Å². The molecule has 3 fully saturated rings. The summed E-state index contributed by atoms with van der Waals surface area (Å²) in [6, 6.07) is 0.784. The first kappa shape index (κ1) is 25.7. The van der Waals surface area contributed by atoms with E-state index >= 15 is 0 Å². The number of piperidine rings is 1. The summed E-state index contributed by atoms with van der Waals surface area (Å²) in [7, 11) is 0. The van der Waals surface area contributed by atoms with Gasteiger partial charge in [0.2, 0.25) is 5.91 Å². The van der Waals surface area contributed by atoms with Gasteiger partial charge in [0.25, 0.3) is 0 Å². The molecule has 0 radical (unpaired) electrons. The van der Waals surface area contributed by atoms with Crippen molar-refractivity contribution in [3.05, 3.63) is 0 Å². The van der Waals surface area contributed by atoms with Gasteiger partial charge in [-0.2, -0.15) is 0 Å². The molecule has 3 unspecified atom stereocenters. The zero-order valence-corrected chi connectivity index (χ0v) is 21.7. The SMILES string of the molecule is CCNC(=NCC(C)N1CCCC(C)C1)NC1CCN(C(=O)C2CCCCC2)C1.I. The first-order chi connectivity index (χ1) is 14.1. The average Bonchev–Trinajstić information content (AvgIpc) is 3.20. The van der Waals surface area contributed by atoms with Gasteiger partial charge in [0.1, 0.15) is 0 Å². The van der Waals surface area contributed by atoms with Crippen LogP contribution in [0.15, 0.2) is 4.99 Å². The quantitative estimate of drug-likeness (QED) is 0.312. The highest BCUT2D eigenvalue weighted by Gasteiger charge is 2.31. The predicted octanol–water partition coefficient (Wildman–Crippen LogP) is 3.46. The van der Waals surface area contributed by atoms with Gasteiger partial charge in [-0.05, 0) is 58.4 Å². The molecule has 3 aliphatic rings. The molecule has 3 atom stereocenters. The molecule has 0 bridgehead atoms. The predicted molar refractivity (Wildman–Crippen MR) is 136 cm³/mol. The third-order valence-electron chi connectivity index (χ3n) is 6.96. The number of hydrogen-bond acceptors (Lipinski definition) is 3. The first-order valence-corrected chi connectivity index (χ1v) is 12.1. The fourth-order valence-corrected chi connectivity index (χ4v) is 5.16. The van der Waals surface area contributed by atoms with Gasteiger partial charge in [0.05, 0.1) is 6.54 Å². The van der Waals surface area contributed by atoms with Crippen LogP contribution in [0.5, 0.6) is 0 Å². The zero-order chi connectivity index (χ0) is 20.6. The van der Waals surface area contributed by atoms with Crippen molar-refractivity contribution in [2.24, 2.45) is 16.8 Å². The third kappa shape index (κ3) is 7.53. The number of aliphatic imine (C=N–C) groups is 1. The van der Waals surface area contributed by atoms with Crippen molar-refractivity contribution in [2.45, 2.75) is 84.2 Å². The van der Waals surface area contributed by atoms with Crippen LogP contribution in [0.2, 0.25) is 0 Å². The Morgan fingerprint density at radius 3 is 2.53 bits per heavy atom. The number of halogens is 1. The molecule has 2 heterocycles. The van der Waals surface area contributed by atoms with Gasteiger partial charge >= 0.3 is 0 Å². The van der Waals surface area contributed by atoms with E-state index in [0.29, 0.717) is 18.0 Å². The molecule has 30 heavy (non-hydrogen) atoms. The molecule has 0 aromatic heterocycles. The Morgan fingerprint density at radius 1 is 1.07 bits per heavy atom. The average molecular weight is 534 g/mol. The van der Waals surface area contributed by atoms with Gasteiger partial charge in [-0.1, -0.05) is 26.2 Å². The number of nitrogens with one attached hydrogen (secondary N) is 2. The van der Waals surface area contributed by atoms with Crippen molar-refractivity contribution in [3.63, 3.8) is 0 Å². The number of rotatable bonds is 6. The Bertz CT molecular complexity index is 552. The molecule has 174 valence electrons. The highest BCUT2D eigenvalue weighted by atomic mass is 127. The van der Waals surface area contributed by atoms with Gasteiger partial charge in [0.15, 0.2) is 5.96 Å². The Hall–Kier alpha value is -0.570. The molecule has 2 N–H and O–H groups in total. The van der Waals surface area contributed by atoms with E-state index in [0.717, 1.165) is 57.3 Å². The highest BCUT2D eigenvalue weighted by molar-refractivity contribution is 14.0. The minimum Gasteiger partial charge on any atom is -0.357 e. The first-order valence-electron chi connectivity index (χ1n) is 12.1. The van der Waals surface area contributed by atoms with E-state index in [9.17, 15) is 4.79 Å². The number of likely N-dealkylation sites (tertiary alicyclic amines) is 2. The number of carbonyl (C=O) groups is 1. The van der Waals surface area contributed by atoms with Crippen LogP contribution in [0.25, 0.3) is 0 Å². The van der Waals surface area contributed by atoms with E-state index in [1.807, 2.05) is 0 Å². The molecule has 2 aliphatic heterocycles. The second-order valence-electron chi connectivity index (χ2n) is 9.56. The summed E-state index contributed by atoms with van der Waals surface area (Å²) in [6.07, 6.45) is 9.59. The lowest BCUT2D eigenvalue weighted by atomic mass is 9.88. The van der Waals surface area contributed by atoms with E-state index in [2.05, 4.69) is 41.2 Å². The van der Waals surface area contributed by atoms with Crippen LogP contribution in [0.1, 0.15) is 72.1 Å². The Labute approximate surface area is 201 Å². The molecule has 7 heteroatoms. The number of amides is 1. The van der Waals surface area contributed by atoms with Crippen LogP contribution in [0.4, 0.5) is 0 Å². The fraction of sp³-hybridized carbons (Fsp3) is 0.913. The normalized spacial score (nSPS) is 27.4. The molecule has 3 rings (SSSR count). The lowest BCUT2D eigenvalue weighted by Gasteiger charge is -2.35. The van der Waals surface area contributed by atoms with E-state index < -0.39 is 0 Å². The third-order valence-corrected chi connectivity index (χ3v) is 6.96. The zero-order valence-electron chi connectivity index (χ0n) is 19.4. The standard InChI is InChI=1S/C23H43N5O.HI/c1-4-24-23(25-15-19(3)27-13-8-9-18(2)16-27)26-21-12-14-28(17-21)22(29)20-10-6-5-7-11-20;/h18-21H,4-17H2,1-3H3,(H2,24,25,26);1H. The Morgan fingerprint density at radius 2 is 1.83 bits per heavy atom. The summed E-state index contributed by atoms with van der Waals surface area (Å²) in [6.45, 7) is 12.5. The van der Waals surface area contributed by atoms with Gasteiger partial charge in [-0.3, -0.25) is 14.7 Å². The summed E-state index contributed by atoms with van der Waals surface area (Å²) in [5.41, 5.74) is 0. The van der Waals surface area contributed by atoms with Crippen LogP contribution in [0, 0.1) is 11.8 Å². The molecular weight excluding hydrogens is 489 g/mol. The molecule has 0 spiro atoms. The lowest BCUT2D eigenvalue weighted by molar-refractivity contribution is -0.135. The maximum Gasteiger partial charge on any atom is 0.225 e. The largest absolute Gasteiger partial charge is 0.357 e. The molecular formula is C23H44IN5O. The minimum atomic E-state index is 0. The van der Waals surface area contributed by atoms with Crippen LogP contribution >= 0.6 is 24.0 Å². The molecule has 1 aliphatic carbocycles. The summed E-state index contributed by atoms with van der Waals surface area (Å²) in [4.78, 5) is 22.4. The van der Waals surface area contributed by atoms with Crippen LogP contribution in [0.3, 0.4) is 0 Å². The monoisotopic (exact) mass is 533 g/mol. The van der Waals surface area contributed by atoms with Crippen molar-refractivity contribution in [3.8, 4) is 0 Å². The smallest absolute Gasteiger partial charge is 0.225 e. The number of hydrogen-bond donors (Lipinski definition) is 2. The van der Waals surface area contributed by atoms with Crippen molar-refractivity contribution < 1.29 is 4.79 Å². The number of carbonyl (C=O) groups excluding carboxylic acids is 1. The lowest BCUT2D eigenvalue weighted by Crippen LogP contribution is -2.47. The van der Waals surface area contributed by atoms with E-state index in [4.69, 9.17) is 4.99 Å². The topological polar surface area (TPSA) is 60.0 Å². The summed E-state index contributed by atoms with van der Waals surface area (Å²) in [5.74, 6) is 2.37. The molecule has 0 aromatic carbocycles. The van der Waals surface area contributed by atoms with Crippen molar-refractivity contribution in [2.75, 3.05) is 39.3 Å². The maximum absolute atomic E-state index is 12.8. The van der Waals surface area contributed by atoms with E-state index in [1.165, 1.54) is 45.2 Å². The molecule has 1 amide bonds. The van der Waals surface area contributed by atoms with Crippen molar-refractivity contribution in [1.82, 2.24) is 20.4 Å². The van der Waals surface area contributed by atoms with Crippen molar-refractivity contribution >= 4 is 35.8 Å². The number of nitrogens with zero attached hydrogens (tertiary/aromatic N) is 3. The van der Waals surface area contributed by atoms with Gasteiger partial charge < -0.3 is 15.5 Å². The molecule has 2 saturated heterocycles. The maximum atomic E-state index is 12.8. The minimum absolute atomic E-state index is 0. The highest BCUT2D eigenvalue weighted by Crippen LogP contribution is 2.26. The fourth-order valence-electron chi connectivity index (χ4n) is 5.16. The van der Waals surface area contributed by atoms with Crippen LogP contribution in [-0.4, -0.2) is 73.0 Å². The number of guanidine groups is 1. The van der Waals surface area contributed by atoms with Crippen LogP contribution in [-0.2, 0) is 4.79 Å². The molecule has 0 aromatic rings. The second-order valence-corrected chi connectivity index (χ2v) is 9.56. The van der Waals surface area contributed by atoms with Crippen molar-refractivity contribution in [1.29, 1.82) is 0 Å².